The zero-order valence-electron chi connectivity index (χ0n) is 6.77. The summed E-state index contributed by atoms with van der Waals surface area (Å²) in [7, 11) is 0. The van der Waals surface area contributed by atoms with Crippen molar-refractivity contribution in [3.63, 3.8) is 0 Å². The van der Waals surface area contributed by atoms with Gasteiger partial charge in [0.15, 0.2) is 0 Å². The van der Waals surface area contributed by atoms with Crippen molar-refractivity contribution in [3.05, 3.63) is 0 Å². The number of amides is 1. The maximum Gasteiger partial charge on any atom is 0.409 e. The van der Waals surface area contributed by atoms with Gasteiger partial charge in [-0.25, -0.2) is 4.79 Å². The molecule has 0 saturated carbocycles. The fourth-order valence-electron chi connectivity index (χ4n) is 1.24. The van der Waals surface area contributed by atoms with E-state index in [-0.39, 0.29) is 12.8 Å². The molecule has 0 spiro atoms. The molecule has 0 aromatic rings. The smallest absolute Gasteiger partial charge is 0.409 e. The molecule has 1 fully saturated rings. The molecule has 12 heavy (non-hydrogen) atoms. The molecule has 1 unspecified atom stereocenters. The molecule has 0 bridgehead atoms. The summed E-state index contributed by atoms with van der Waals surface area (Å²) in [6.07, 6.45) is -0.151. The van der Waals surface area contributed by atoms with Gasteiger partial charge in [-0.2, -0.15) is 0 Å². The third kappa shape index (κ3) is 2.09. The molecule has 0 radical (unpaired) electrons. The van der Waals surface area contributed by atoms with E-state index < -0.39 is 6.09 Å². The van der Waals surface area contributed by atoms with Crippen LogP contribution in [0.5, 0.6) is 0 Å². The van der Waals surface area contributed by atoms with Crippen molar-refractivity contribution in [1.82, 2.24) is 4.90 Å². The highest BCUT2D eigenvalue weighted by Crippen LogP contribution is 2.14. The number of rotatable bonds is 3. The van der Waals surface area contributed by atoms with Gasteiger partial charge in [-0.05, 0) is 12.8 Å². The second-order valence-electron chi connectivity index (χ2n) is 2.67. The molecule has 2 N–H and O–H groups in total. The maximum atomic E-state index is 10.6. The van der Waals surface area contributed by atoms with Gasteiger partial charge < -0.3 is 14.9 Å². The highest BCUT2D eigenvalue weighted by molar-refractivity contribution is 5.65. The number of hydrogen-bond acceptors (Lipinski definition) is 3. The predicted molar refractivity (Wildman–Crippen MR) is 40.8 cm³/mol. The van der Waals surface area contributed by atoms with Gasteiger partial charge >= 0.3 is 6.09 Å². The zero-order valence-corrected chi connectivity index (χ0v) is 6.77. The molecule has 1 rings (SSSR count). The molecule has 1 heterocycles. The van der Waals surface area contributed by atoms with Gasteiger partial charge in [0.05, 0.1) is 13.2 Å². The molecule has 1 aliphatic heterocycles. The Morgan fingerprint density at radius 2 is 2.42 bits per heavy atom. The highest BCUT2D eigenvalue weighted by Gasteiger charge is 2.28. The molecule has 70 valence electrons. The number of aliphatic hydroxyl groups excluding tert-OH is 1. The van der Waals surface area contributed by atoms with Crippen LogP contribution in [-0.2, 0) is 4.74 Å². The summed E-state index contributed by atoms with van der Waals surface area (Å²) in [5, 5.41) is 17.2. The van der Waals surface area contributed by atoms with E-state index in [1.165, 1.54) is 4.90 Å². The Morgan fingerprint density at radius 3 is 3.00 bits per heavy atom. The first-order valence-electron chi connectivity index (χ1n) is 3.97. The van der Waals surface area contributed by atoms with Crippen molar-refractivity contribution in [2.45, 2.75) is 19.1 Å². The minimum absolute atomic E-state index is 0.0767. The minimum Gasteiger partial charge on any atom is -0.465 e. The van der Waals surface area contributed by atoms with Crippen LogP contribution >= 0.6 is 0 Å². The Hall–Kier alpha value is -0.810. The van der Waals surface area contributed by atoms with Crippen LogP contribution in [0.2, 0.25) is 0 Å². The highest BCUT2D eigenvalue weighted by atomic mass is 16.5. The summed E-state index contributed by atoms with van der Waals surface area (Å²) in [6, 6.07) is 0. The number of nitrogens with zero attached hydrogens (tertiary/aromatic N) is 1. The van der Waals surface area contributed by atoms with E-state index in [1.807, 2.05) is 0 Å². The molecule has 1 amide bonds. The van der Waals surface area contributed by atoms with Gasteiger partial charge in [0.1, 0.15) is 6.23 Å². The fourth-order valence-corrected chi connectivity index (χ4v) is 1.24. The van der Waals surface area contributed by atoms with Crippen LogP contribution in [0.15, 0.2) is 0 Å². The molecule has 0 aliphatic carbocycles. The molecular formula is C7H13NO4. The predicted octanol–water partition coefficient (Wildman–Crippen LogP) is 0.0952. The minimum atomic E-state index is -0.949. The van der Waals surface area contributed by atoms with Gasteiger partial charge in [-0.3, -0.25) is 4.90 Å². The average Bonchev–Trinajstić information content (AvgIpc) is 2.48. The molecule has 1 saturated heterocycles. The van der Waals surface area contributed by atoms with Crippen LogP contribution in [0.1, 0.15) is 12.8 Å². The molecule has 0 aromatic heterocycles. The Morgan fingerprint density at radius 1 is 1.67 bits per heavy atom. The summed E-state index contributed by atoms with van der Waals surface area (Å²) in [4.78, 5) is 11.8. The molecular weight excluding hydrogens is 162 g/mol. The first-order valence-corrected chi connectivity index (χ1v) is 3.97. The number of carbonyl (C=O) groups is 1. The van der Waals surface area contributed by atoms with E-state index in [1.54, 1.807) is 0 Å². The molecule has 1 atom stereocenters. The van der Waals surface area contributed by atoms with Crippen molar-refractivity contribution >= 4 is 6.09 Å². The van der Waals surface area contributed by atoms with Crippen molar-refractivity contribution < 1.29 is 19.7 Å². The second-order valence-corrected chi connectivity index (χ2v) is 2.67. The fraction of sp³-hybridized carbons (Fsp3) is 0.857. The number of ether oxygens (including phenoxy) is 1. The summed E-state index contributed by atoms with van der Waals surface area (Å²) in [5.41, 5.74) is 0. The van der Waals surface area contributed by atoms with E-state index in [4.69, 9.17) is 14.9 Å². The number of carboxylic acid groups (broad SMARTS) is 1. The topological polar surface area (TPSA) is 70.0 Å². The van der Waals surface area contributed by atoms with E-state index in [0.29, 0.717) is 26.0 Å². The lowest BCUT2D eigenvalue weighted by atomic mass is 10.3. The Kier molecular flexibility index (Phi) is 3.31. The first-order chi connectivity index (χ1) is 5.75. The lowest BCUT2D eigenvalue weighted by Crippen LogP contribution is -2.34. The Labute approximate surface area is 70.5 Å². The normalized spacial score (nSPS) is 23.1. The SMILES string of the molecule is O=C(O)N1CCOC1CCCO. The van der Waals surface area contributed by atoms with Crippen molar-refractivity contribution in [2.75, 3.05) is 19.8 Å². The van der Waals surface area contributed by atoms with Gasteiger partial charge in [0, 0.05) is 6.61 Å². The van der Waals surface area contributed by atoms with Crippen LogP contribution < -0.4 is 0 Å². The third-order valence-electron chi connectivity index (χ3n) is 1.84. The van der Waals surface area contributed by atoms with Gasteiger partial charge in [-0.1, -0.05) is 0 Å². The molecule has 0 aromatic carbocycles. The van der Waals surface area contributed by atoms with Crippen molar-refractivity contribution in [3.8, 4) is 0 Å². The second kappa shape index (κ2) is 4.27. The molecule has 1 aliphatic rings. The lowest BCUT2D eigenvalue weighted by Gasteiger charge is -2.18. The Balaban J connectivity index is 2.35. The molecule has 5 nitrogen and oxygen atoms in total. The van der Waals surface area contributed by atoms with Crippen LogP contribution in [-0.4, -0.2) is 47.2 Å². The third-order valence-corrected chi connectivity index (χ3v) is 1.84. The number of aliphatic hydroxyl groups is 1. The maximum absolute atomic E-state index is 10.6. The van der Waals surface area contributed by atoms with Crippen LogP contribution in [0.3, 0.4) is 0 Å². The number of hydrogen-bond donors (Lipinski definition) is 2. The van der Waals surface area contributed by atoms with E-state index in [0.717, 1.165) is 0 Å². The standard InChI is InChI=1S/C7H13NO4/c9-4-1-2-6-8(7(10)11)3-5-12-6/h6,9H,1-5H2,(H,10,11). The summed E-state index contributed by atoms with van der Waals surface area (Å²) in [5.74, 6) is 0. The van der Waals surface area contributed by atoms with E-state index >= 15 is 0 Å². The zero-order chi connectivity index (χ0) is 8.97. The summed E-state index contributed by atoms with van der Waals surface area (Å²) < 4.78 is 5.16. The van der Waals surface area contributed by atoms with Crippen molar-refractivity contribution in [1.29, 1.82) is 0 Å². The largest absolute Gasteiger partial charge is 0.465 e. The van der Waals surface area contributed by atoms with Gasteiger partial charge in [0.2, 0.25) is 0 Å². The van der Waals surface area contributed by atoms with Gasteiger partial charge in [0.25, 0.3) is 0 Å². The van der Waals surface area contributed by atoms with Crippen molar-refractivity contribution in [2.24, 2.45) is 0 Å². The lowest BCUT2D eigenvalue weighted by molar-refractivity contribution is 0.0260. The van der Waals surface area contributed by atoms with Crippen LogP contribution in [0.4, 0.5) is 4.79 Å². The van der Waals surface area contributed by atoms with Gasteiger partial charge in [-0.15, -0.1) is 0 Å². The van der Waals surface area contributed by atoms with Crippen LogP contribution in [0, 0.1) is 0 Å². The average molecular weight is 175 g/mol. The first kappa shape index (κ1) is 9.28. The van der Waals surface area contributed by atoms with E-state index in [2.05, 4.69) is 0 Å². The quantitative estimate of drug-likeness (QED) is 0.638. The van der Waals surface area contributed by atoms with E-state index in [9.17, 15) is 4.79 Å². The van der Waals surface area contributed by atoms with Crippen LogP contribution in [0.25, 0.3) is 0 Å². The summed E-state index contributed by atoms with van der Waals surface area (Å²) >= 11 is 0. The summed E-state index contributed by atoms with van der Waals surface area (Å²) in [6.45, 7) is 0.973. The molecule has 5 heteroatoms. The monoisotopic (exact) mass is 175 g/mol. The Bertz CT molecular complexity index is 161.